The minimum Gasteiger partial charge on any atom is -0.384 e. The Balaban J connectivity index is 2.23. The van der Waals surface area contributed by atoms with Gasteiger partial charge in [0.05, 0.1) is 9.90 Å². The number of aliphatic hydroxyl groups is 1. The molecule has 1 unspecified atom stereocenters. The highest BCUT2D eigenvalue weighted by molar-refractivity contribution is 7.10. The fourth-order valence-corrected chi connectivity index (χ4v) is 3.21. The van der Waals surface area contributed by atoms with Crippen molar-refractivity contribution in [3.05, 3.63) is 56.2 Å². The van der Waals surface area contributed by atoms with E-state index in [9.17, 15) is 5.11 Å². The summed E-state index contributed by atoms with van der Waals surface area (Å²) < 4.78 is 0. The van der Waals surface area contributed by atoms with Crippen molar-refractivity contribution in [3.63, 3.8) is 0 Å². The summed E-state index contributed by atoms with van der Waals surface area (Å²) in [5, 5.41) is 13.7. The largest absolute Gasteiger partial charge is 0.384 e. The van der Waals surface area contributed by atoms with Gasteiger partial charge in [-0.2, -0.15) is 0 Å². The first-order chi connectivity index (χ1) is 7.99. The Bertz CT molecular complexity index is 502. The summed E-state index contributed by atoms with van der Waals surface area (Å²) in [5.41, 5.74) is 0.0860. The SMILES string of the molecule is CC(O)(Cc1ccc(Cl)cc1)c1sccc1Cl. The Morgan fingerprint density at radius 1 is 1.18 bits per heavy atom. The molecule has 1 N–H and O–H groups in total. The van der Waals surface area contributed by atoms with E-state index in [-0.39, 0.29) is 0 Å². The number of thiophene rings is 1. The Hall–Kier alpha value is -0.540. The van der Waals surface area contributed by atoms with E-state index in [1.54, 1.807) is 13.0 Å². The van der Waals surface area contributed by atoms with E-state index in [0.29, 0.717) is 16.5 Å². The second-order valence-electron chi connectivity index (χ2n) is 4.17. The quantitative estimate of drug-likeness (QED) is 0.881. The lowest BCUT2D eigenvalue weighted by Gasteiger charge is -2.22. The Morgan fingerprint density at radius 2 is 1.82 bits per heavy atom. The molecule has 2 rings (SSSR count). The van der Waals surface area contributed by atoms with Crippen molar-refractivity contribution >= 4 is 34.5 Å². The van der Waals surface area contributed by atoms with Crippen LogP contribution in [0.3, 0.4) is 0 Å². The molecule has 1 aromatic heterocycles. The van der Waals surface area contributed by atoms with Crippen LogP contribution in [0.25, 0.3) is 0 Å². The summed E-state index contributed by atoms with van der Waals surface area (Å²) >= 11 is 13.3. The molecule has 90 valence electrons. The summed E-state index contributed by atoms with van der Waals surface area (Å²) in [6.07, 6.45) is 0.518. The van der Waals surface area contributed by atoms with Crippen molar-refractivity contribution in [2.45, 2.75) is 18.9 Å². The van der Waals surface area contributed by atoms with Crippen LogP contribution in [0.15, 0.2) is 35.7 Å². The van der Waals surface area contributed by atoms with Gasteiger partial charge in [-0.25, -0.2) is 0 Å². The predicted octanol–water partition coefficient (Wildman–Crippen LogP) is 4.51. The van der Waals surface area contributed by atoms with Crippen molar-refractivity contribution in [2.75, 3.05) is 0 Å². The van der Waals surface area contributed by atoms with Gasteiger partial charge in [-0.05, 0) is 36.1 Å². The fraction of sp³-hybridized carbons (Fsp3) is 0.231. The molecule has 1 nitrogen and oxygen atoms in total. The normalized spacial score (nSPS) is 14.6. The summed E-state index contributed by atoms with van der Waals surface area (Å²) in [5.74, 6) is 0. The molecule has 0 radical (unpaired) electrons. The Morgan fingerprint density at radius 3 is 2.35 bits per heavy atom. The number of benzene rings is 1. The van der Waals surface area contributed by atoms with Gasteiger partial charge in [0.2, 0.25) is 0 Å². The number of hydrogen-bond acceptors (Lipinski definition) is 2. The highest BCUT2D eigenvalue weighted by Crippen LogP contribution is 2.35. The van der Waals surface area contributed by atoms with E-state index in [2.05, 4.69) is 0 Å². The number of halogens is 2. The minimum atomic E-state index is -0.945. The van der Waals surface area contributed by atoms with Gasteiger partial charge in [-0.1, -0.05) is 35.3 Å². The van der Waals surface area contributed by atoms with Crippen LogP contribution in [0, 0.1) is 0 Å². The zero-order valence-electron chi connectivity index (χ0n) is 9.28. The molecule has 0 saturated carbocycles. The van der Waals surface area contributed by atoms with Crippen LogP contribution in [0.1, 0.15) is 17.4 Å². The summed E-state index contributed by atoms with van der Waals surface area (Å²) in [7, 11) is 0. The van der Waals surface area contributed by atoms with Gasteiger partial charge in [-0.15, -0.1) is 11.3 Å². The molecule has 0 bridgehead atoms. The highest BCUT2D eigenvalue weighted by Gasteiger charge is 2.27. The molecule has 0 spiro atoms. The maximum Gasteiger partial charge on any atom is 0.101 e. The molecule has 0 aliphatic heterocycles. The topological polar surface area (TPSA) is 20.2 Å². The lowest BCUT2D eigenvalue weighted by Crippen LogP contribution is -2.23. The standard InChI is InChI=1S/C13H12Cl2OS/c1-13(16,12-11(15)6-7-17-12)8-9-2-4-10(14)5-3-9/h2-7,16H,8H2,1H3. The third kappa shape index (κ3) is 3.02. The van der Waals surface area contributed by atoms with Gasteiger partial charge in [0.1, 0.15) is 5.60 Å². The third-order valence-electron chi connectivity index (χ3n) is 2.57. The van der Waals surface area contributed by atoms with E-state index < -0.39 is 5.60 Å². The number of hydrogen-bond donors (Lipinski definition) is 1. The van der Waals surface area contributed by atoms with Crippen LogP contribution in [0.4, 0.5) is 0 Å². The van der Waals surface area contributed by atoms with Crippen molar-refractivity contribution in [3.8, 4) is 0 Å². The first kappa shape index (κ1) is 12.9. The van der Waals surface area contributed by atoms with E-state index in [4.69, 9.17) is 23.2 Å². The maximum atomic E-state index is 10.5. The van der Waals surface area contributed by atoms with E-state index in [0.717, 1.165) is 10.4 Å². The molecular weight excluding hydrogens is 275 g/mol. The molecule has 1 aromatic carbocycles. The van der Waals surface area contributed by atoms with Crippen LogP contribution in [-0.2, 0) is 12.0 Å². The van der Waals surface area contributed by atoms with Crippen molar-refractivity contribution in [1.29, 1.82) is 0 Å². The first-order valence-corrected chi connectivity index (χ1v) is 6.83. The van der Waals surface area contributed by atoms with E-state index in [1.165, 1.54) is 11.3 Å². The van der Waals surface area contributed by atoms with Gasteiger partial charge in [-0.3, -0.25) is 0 Å². The molecular formula is C13H12Cl2OS. The lowest BCUT2D eigenvalue weighted by atomic mass is 9.95. The molecule has 0 saturated heterocycles. The molecule has 0 amide bonds. The second kappa shape index (κ2) is 4.99. The Labute approximate surface area is 115 Å². The molecule has 0 fully saturated rings. The second-order valence-corrected chi connectivity index (χ2v) is 5.93. The maximum absolute atomic E-state index is 10.5. The zero-order valence-corrected chi connectivity index (χ0v) is 11.6. The predicted molar refractivity (Wildman–Crippen MR) is 74.1 cm³/mol. The molecule has 2 aromatic rings. The van der Waals surface area contributed by atoms with Crippen LogP contribution >= 0.6 is 34.5 Å². The molecule has 1 atom stereocenters. The summed E-state index contributed by atoms with van der Waals surface area (Å²) in [4.78, 5) is 0.800. The highest BCUT2D eigenvalue weighted by atomic mass is 35.5. The zero-order chi connectivity index (χ0) is 12.5. The molecule has 0 aliphatic carbocycles. The van der Waals surface area contributed by atoms with Gasteiger partial charge in [0.15, 0.2) is 0 Å². The van der Waals surface area contributed by atoms with Crippen LogP contribution in [-0.4, -0.2) is 5.11 Å². The minimum absolute atomic E-state index is 0.518. The first-order valence-electron chi connectivity index (χ1n) is 5.19. The summed E-state index contributed by atoms with van der Waals surface area (Å²) in [6.45, 7) is 1.78. The van der Waals surface area contributed by atoms with Gasteiger partial charge >= 0.3 is 0 Å². The van der Waals surface area contributed by atoms with Crippen molar-refractivity contribution < 1.29 is 5.11 Å². The summed E-state index contributed by atoms with van der Waals surface area (Å²) in [6, 6.07) is 9.28. The monoisotopic (exact) mass is 286 g/mol. The smallest absolute Gasteiger partial charge is 0.101 e. The van der Waals surface area contributed by atoms with Crippen molar-refractivity contribution in [1.82, 2.24) is 0 Å². The fourth-order valence-electron chi connectivity index (χ4n) is 1.76. The average Bonchev–Trinajstić information content (AvgIpc) is 2.68. The van der Waals surface area contributed by atoms with Gasteiger partial charge in [0, 0.05) is 11.4 Å². The van der Waals surface area contributed by atoms with Crippen LogP contribution in [0.2, 0.25) is 10.0 Å². The lowest BCUT2D eigenvalue weighted by molar-refractivity contribution is 0.0616. The van der Waals surface area contributed by atoms with Gasteiger partial charge < -0.3 is 5.11 Å². The van der Waals surface area contributed by atoms with Crippen LogP contribution in [0.5, 0.6) is 0 Å². The third-order valence-corrected chi connectivity index (χ3v) is 4.41. The average molecular weight is 287 g/mol. The van der Waals surface area contributed by atoms with E-state index in [1.807, 2.05) is 29.6 Å². The Kier molecular flexibility index (Phi) is 3.79. The van der Waals surface area contributed by atoms with Crippen molar-refractivity contribution in [2.24, 2.45) is 0 Å². The molecule has 4 heteroatoms. The molecule has 1 heterocycles. The van der Waals surface area contributed by atoms with Gasteiger partial charge in [0.25, 0.3) is 0 Å². The molecule has 0 aliphatic rings. The molecule has 17 heavy (non-hydrogen) atoms. The number of rotatable bonds is 3. The van der Waals surface area contributed by atoms with E-state index >= 15 is 0 Å². The van der Waals surface area contributed by atoms with Crippen LogP contribution < -0.4 is 0 Å².